The van der Waals surface area contributed by atoms with Gasteiger partial charge in [0.25, 0.3) is 0 Å². The van der Waals surface area contributed by atoms with E-state index in [0.717, 1.165) is 46.1 Å². The monoisotopic (exact) mass is 404 g/mol. The zero-order valence-electron chi connectivity index (χ0n) is 16.2. The average Bonchev–Trinajstić information content (AvgIpc) is 3.32. The van der Waals surface area contributed by atoms with E-state index in [1.807, 2.05) is 24.3 Å². The Kier molecular flexibility index (Phi) is 4.52. The lowest BCUT2D eigenvalue weighted by atomic mass is 10.1. The van der Waals surface area contributed by atoms with Crippen molar-refractivity contribution in [1.82, 2.24) is 15.0 Å². The maximum absolute atomic E-state index is 5.48. The van der Waals surface area contributed by atoms with E-state index >= 15 is 0 Å². The van der Waals surface area contributed by atoms with Crippen molar-refractivity contribution in [2.24, 2.45) is 0 Å². The first-order valence-corrected chi connectivity index (χ1v) is 10.3. The lowest BCUT2D eigenvalue weighted by Crippen LogP contribution is -2.08. The summed E-state index contributed by atoms with van der Waals surface area (Å²) < 4.78 is 10.9. The molecule has 3 aromatic heterocycles. The molecule has 6 nitrogen and oxygen atoms in total. The maximum Gasteiger partial charge on any atom is 0.231 e. The van der Waals surface area contributed by atoms with Crippen LogP contribution < -0.4 is 14.8 Å². The third-order valence-electron chi connectivity index (χ3n) is 5.09. The lowest BCUT2D eigenvalue weighted by molar-refractivity contribution is 0.174. The molecule has 7 heteroatoms. The number of ether oxygens (including phenoxy) is 2. The molecule has 1 aromatic carbocycles. The quantitative estimate of drug-likeness (QED) is 0.517. The first-order valence-electron chi connectivity index (χ1n) is 9.49. The lowest BCUT2D eigenvalue weighted by Gasteiger charge is -2.10. The number of aromatic nitrogens is 3. The van der Waals surface area contributed by atoms with Gasteiger partial charge in [-0.2, -0.15) is 0 Å². The normalized spacial score (nSPS) is 12.5. The Labute approximate surface area is 172 Å². The third-order valence-corrected chi connectivity index (χ3v) is 6.19. The van der Waals surface area contributed by atoms with E-state index in [-0.39, 0.29) is 0 Å². The van der Waals surface area contributed by atoms with E-state index in [1.54, 1.807) is 23.7 Å². The van der Waals surface area contributed by atoms with Gasteiger partial charge in [0.05, 0.1) is 5.39 Å². The molecule has 1 aliphatic rings. The van der Waals surface area contributed by atoms with Crippen molar-refractivity contribution in [2.45, 2.75) is 20.3 Å². The summed E-state index contributed by atoms with van der Waals surface area (Å²) >= 11 is 1.70. The second kappa shape index (κ2) is 7.33. The van der Waals surface area contributed by atoms with Crippen molar-refractivity contribution in [1.29, 1.82) is 0 Å². The number of thiophene rings is 1. The molecule has 0 saturated heterocycles. The summed E-state index contributed by atoms with van der Waals surface area (Å²) in [6.07, 6.45) is 4.41. The minimum absolute atomic E-state index is 0.295. The number of hydrogen-bond donors (Lipinski definition) is 1. The molecule has 0 atom stereocenters. The van der Waals surface area contributed by atoms with E-state index in [4.69, 9.17) is 19.4 Å². The Morgan fingerprint density at radius 3 is 2.86 bits per heavy atom. The largest absolute Gasteiger partial charge is 0.454 e. The fraction of sp³-hybridized carbons (Fsp3) is 0.227. The molecule has 0 bridgehead atoms. The Morgan fingerprint density at radius 2 is 2.00 bits per heavy atom. The minimum atomic E-state index is 0.295. The van der Waals surface area contributed by atoms with Crippen LogP contribution in [0.1, 0.15) is 16.0 Å². The molecule has 0 saturated carbocycles. The summed E-state index contributed by atoms with van der Waals surface area (Å²) in [4.78, 5) is 16.1. The van der Waals surface area contributed by atoms with Gasteiger partial charge in [0.2, 0.25) is 6.79 Å². The van der Waals surface area contributed by atoms with Crippen LogP contribution in [0.5, 0.6) is 11.5 Å². The van der Waals surface area contributed by atoms with Crippen LogP contribution in [0.4, 0.5) is 5.82 Å². The molecule has 0 aliphatic carbocycles. The molecular formula is C22H20N4O2S. The van der Waals surface area contributed by atoms with Crippen molar-refractivity contribution >= 4 is 27.4 Å². The molecule has 29 heavy (non-hydrogen) atoms. The zero-order valence-corrected chi connectivity index (χ0v) is 17.0. The Bertz CT molecular complexity index is 1190. The molecule has 146 valence electrons. The van der Waals surface area contributed by atoms with Crippen molar-refractivity contribution in [3.8, 4) is 22.9 Å². The highest BCUT2D eigenvalue weighted by atomic mass is 32.1. The van der Waals surface area contributed by atoms with Gasteiger partial charge < -0.3 is 14.8 Å². The van der Waals surface area contributed by atoms with Crippen molar-refractivity contribution in [3.63, 3.8) is 0 Å². The van der Waals surface area contributed by atoms with Crippen LogP contribution in [0.2, 0.25) is 0 Å². The van der Waals surface area contributed by atoms with Crippen molar-refractivity contribution < 1.29 is 9.47 Å². The van der Waals surface area contributed by atoms with Crippen LogP contribution in [0.25, 0.3) is 21.6 Å². The zero-order chi connectivity index (χ0) is 19.8. The highest BCUT2D eigenvalue weighted by molar-refractivity contribution is 7.18. The van der Waals surface area contributed by atoms with Crippen LogP contribution in [-0.2, 0) is 6.42 Å². The standard InChI is InChI=1S/C22H20N4O2S/c1-13-14(2)29-22-19(13)21(25-20(26-22)16-4-3-8-23-11-16)24-9-7-15-5-6-17-18(10-15)28-12-27-17/h3-6,8,10-11H,7,9,12H2,1-2H3,(H,24,25,26). The molecule has 0 fully saturated rings. The molecule has 0 radical (unpaired) electrons. The van der Waals surface area contributed by atoms with Crippen molar-refractivity contribution in [2.75, 3.05) is 18.7 Å². The highest BCUT2D eigenvalue weighted by Crippen LogP contribution is 2.35. The van der Waals surface area contributed by atoms with E-state index in [9.17, 15) is 0 Å². The van der Waals surface area contributed by atoms with E-state index < -0.39 is 0 Å². The molecule has 0 amide bonds. The predicted octanol–water partition coefficient (Wildman–Crippen LogP) is 4.75. The van der Waals surface area contributed by atoms with Crippen LogP contribution in [0.3, 0.4) is 0 Å². The second-order valence-electron chi connectivity index (χ2n) is 6.97. The minimum Gasteiger partial charge on any atom is -0.454 e. The summed E-state index contributed by atoms with van der Waals surface area (Å²) in [5.74, 6) is 3.19. The van der Waals surface area contributed by atoms with Gasteiger partial charge in [-0.05, 0) is 55.7 Å². The first-order chi connectivity index (χ1) is 14.2. The number of anilines is 1. The number of nitrogens with one attached hydrogen (secondary N) is 1. The molecular weight excluding hydrogens is 384 g/mol. The average molecular weight is 404 g/mol. The number of rotatable bonds is 5. The number of nitrogens with zero attached hydrogens (tertiary/aromatic N) is 3. The molecule has 4 heterocycles. The number of fused-ring (bicyclic) bond motifs is 2. The van der Waals surface area contributed by atoms with E-state index in [0.29, 0.717) is 12.6 Å². The van der Waals surface area contributed by atoms with Crippen LogP contribution >= 0.6 is 11.3 Å². The topological polar surface area (TPSA) is 69.2 Å². The van der Waals surface area contributed by atoms with Gasteiger partial charge in [-0.25, -0.2) is 9.97 Å². The Hall–Kier alpha value is -3.19. The van der Waals surface area contributed by atoms with Gasteiger partial charge >= 0.3 is 0 Å². The molecule has 1 N–H and O–H groups in total. The second-order valence-corrected chi connectivity index (χ2v) is 8.17. The van der Waals surface area contributed by atoms with Crippen LogP contribution in [-0.4, -0.2) is 28.3 Å². The summed E-state index contributed by atoms with van der Waals surface area (Å²) in [5, 5.41) is 4.63. The van der Waals surface area contributed by atoms with Crippen molar-refractivity contribution in [3.05, 3.63) is 58.7 Å². The van der Waals surface area contributed by atoms with Gasteiger partial charge in [0, 0.05) is 29.4 Å². The fourth-order valence-corrected chi connectivity index (χ4v) is 4.45. The van der Waals surface area contributed by atoms with Gasteiger partial charge in [-0.3, -0.25) is 4.98 Å². The Morgan fingerprint density at radius 1 is 1.10 bits per heavy atom. The molecule has 0 unspecified atom stereocenters. The molecule has 1 aliphatic heterocycles. The molecule has 4 aromatic rings. The van der Waals surface area contributed by atoms with Gasteiger partial charge in [0.15, 0.2) is 17.3 Å². The van der Waals surface area contributed by atoms with Gasteiger partial charge in [-0.15, -0.1) is 11.3 Å². The number of hydrogen-bond acceptors (Lipinski definition) is 7. The van der Waals surface area contributed by atoms with Gasteiger partial charge in [-0.1, -0.05) is 6.07 Å². The smallest absolute Gasteiger partial charge is 0.231 e. The Balaban J connectivity index is 1.43. The van der Waals surface area contributed by atoms with Crippen LogP contribution in [0.15, 0.2) is 42.7 Å². The SMILES string of the molecule is Cc1sc2nc(-c3cccnc3)nc(NCCc3ccc4c(c3)OCO4)c2c1C. The molecule has 5 rings (SSSR count). The van der Waals surface area contributed by atoms with E-state index in [2.05, 4.69) is 30.2 Å². The number of pyridine rings is 1. The third kappa shape index (κ3) is 3.38. The predicted molar refractivity (Wildman–Crippen MR) is 115 cm³/mol. The number of aryl methyl sites for hydroxylation is 2. The fourth-order valence-electron chi connectivity index (χ4n) is 3.42. The summed E-state index contributed by atoms with van der Waals surface area (Å²) in [6.45, 7) is 5.31. The maximum atomic E-state index is 5.48. The summed E-state index contributed by atoms with van der Waals surface area (Å²) in [6, 6.07) is 9.97. The number of benzene rings is 1. The van der Waals surface area contributed by atoms with Gasteiger partial charge in [0.1, 0.15) is 10.6 Å². The van der Waals surface area contributed by atoms with E-state index in [1.165, 1.54) is 16.0 Å². The first kappa shape index (κ1) is 17.9. The summed E-state index contributed by atoms with van der Waals surface area (Å²) in [5.41, 5.74) is 3.34. The summed E-state index contributed by atoms with van der Waals surface area (Å²) in [7, 11) is 0. The molecule has 0 spiro atoms. The highest BCUT2D eigenvalue weighted by Gasteiger charge is 2.16. The van der Waals surface area contributed by atoms with Crippen LogP contribution in [0, 0.1) is 13.8 Å².